The first-order valence-electron chi connectivity index (χ1n) is 8.22. The van der Waals surface area contributed by atoms with E-state index in [1.54, 1.807) is 6.07 Å². The Hall–Kier alpha value is -2.80. The first-order valence-corrected chi connectivity index (χ1v) is 8.60. The molecule has 0 saturated heterocycles. The minimum absolute atomic E-state index is 0.102. The summed E-state index contributed by atoms with van der Waals surface area (Å²) >= 11 is 6.03. The Bertz CT molecular complexity index is 1060. The second-order valence-electron chi connectivity index (χ2n) is 6.27. The summed E-state index contributed by atoms with van der Waals surface area (Å²) in [6.07, 6.45) is -1.21. The predicted octanol–water partition coefficient (Wildman–Crippen LogP) is 5.13. The zero-order valence-electron chi connectivity index (χ0n) is 13.8. The van der Waals surface area contributed by atoms with E-state index in [9.17, 15) is 18.7 Å². The van der Waals surface area contributed by atoms with Crippen LogP contribution in [0.15, 0.2) is 45.6 Å². The van der Waals surface area contributed by atoms with Crippen molar-refractivity contribution < 1.29 is 23.0 Å². The van der Waals surface area contributed by atoms with Gasteiger partial charge in [0.25, 0.3) is 6.43 Å². The highest BCUT2D eigenvalue weighted by Gasteiger charge is 2.30. The number of oxazole rings is 1. The summed E-state index contributed by atoms with van der Waals surface area (Å²) in [5, 5.41) is 9.92. The molecule has 0 unspecified atom stereocenters. The van der Waals surface area contributed by atoms with Gasteiger partial charge in [-0.25, -0.2) is 13.6 Å². The molecular formula is C19H14ClF2NO4. The third kappa shape index (κ3) is 3.30. The van der Waals surface area contributed by atoms with Gasteiger partial charge in [-0.15, -0.1) is 0 Å². The molecule has 140 valence electrons. The molecule has 0 spiro atoms. The lowest BCUT2D eigenvalue weighted by molar-refractivity contribution is 0.151. The summed E-state index contributed by atoms with van der Waals surface area (Å²) in [6, 6.07) is 9.24. The second-order valence-corrected chi connectivity index (χ2v) is 6.68. The molecule has 0 fully saturated rings. The van der Waals surface area contributed by atoms with Gasteiger partial charge in [0.1, 0.15) is 11.5 Å². The van der Waals surface area contributed by atoms with Gasteiger partial charge >= 0.3 is 5.76 Å². The highest BCUT2D eigenvalue weighted by molar-refractivity contribution is 6.32. The number of aromatic amines is 1. The van der Waals surface area contributed by atoms with Crippen molar-refractivity contribution in [1.82, 2.24) is 4.98 Å². The number of halogens is 3. The molecule has 2 N–H and O–H groups in total. The van der Waals surface area contributed by atoms with E-state index in [0.717, 1.165) is 11.1 Å². The Balaban J connectivity index is 1.59. The molecule has 27 heavy (non-hydrogen) atoms. The van der Waals surface area contributed by atoms with Crippen LogP contribution in [0.5, 0.6) is 17.4 Å². The summed E-state index contributed by atoms with van der Waals surface area (Å²) < 4.78 is 36.2. The van der Waals surface area contributed by atoms with Crippen LogP contribution in [0.1, 0.15) is 41.2 Å². The van der Waals surface area contributed by atoms with Crippen LogP contribution in [0.4, 0.5) is 8.78 Å². The quantitative estimate of drug-likeness (QED) is 0.644. The van der Waals surface area contributed by atoms with Gasteiger partial charge in [0.15, 0.2) is 5.76 Å². The van der Waals surface area contributed by atoms with Gasteiger partial charge in [-0.2, -0.15) is 0 Å². The number of benzene rings is 2. The van der Waals surface area contributed by atoms with Gasteiger partial charge in [-0.1, -0.05) is 17.7 Å². The van der Waals surface area contributed by atoms with Crippen molar-refractivity contribution in [1.29, 1.82) is 0 Å². The van der Waals surface area contributed by atoms with Gasteiger partial charge in [-0.3, -0.25) is 4.98 Å². The molecule has 0 aliphatic heterocycles. The number of fused-ring (bicyclic) bond motifs is 1. The number of ether oxygens (including phenoxy) is 1. The Morgan fingerprint density at radius 1 is 1.26 bits per heavy atom. The van der Waals surface area contributed by atoms with Crippen LogP contribution in [0.25, 0.3) is 0 Å². The number of aromatic hydroxyl groups is 1. The molecule has 8 heteroatoms. The van der Waals surface area contributed by atoms with E-state index in [1.807, 2.05) is 12.1 Å². The Morgan fingerprint density at radius 2 is 2.07 bits per heavy atom. The van der Waals surface area contributed by atoms with Crippen molar-refractivity contribution >= 4 is 11.6 Å². The van der Waals surface area contributed by atoms with E-state index in [-0.39, 0.29) is 33.9 Å². The van der Waals surface area contributed by atoms with Crippen molar-refractivity contribution in [2.75, 3.05) is 0 Å². The first-order chi connectivity index (χ1) is 12.9. The Kier molecular flexibility index (Phi) is 4.39. The zero-order valence-corrected chi connectivity index (χ0v) is 14.6. The van der Waals surface area contributed by atoms with Crippen molar-refractivity contribution in [2.45, 2.75) is 25.2 Å². The van der Waals surface area contributed by atoms with Crippen LogP contribution < -0.4 is 10.5 Å². The van der Waals surface area contributed by atoms with E-state index >= 15 is 0 Å². The molecule has 1 aromatic heterocycles. The number of alkyl halides is 2. The Labute approximate surface area is 157 Å². The molecule has 1 atom stereocenters. The number of aromatic nitrogens is 1. The lowest BCUT2D eigenvalue weighted by Gasteiger charge is -2.12. The van der Waals surface area contributed by atoms with Crippen molar-refractivity contribution in [3.8, 4) is 17.4 Å². The molecule has 3 aromatic rings. The molecular weight excluding hydrogens is 380 g/mol. The fourth-order valence-corrected chi connectivity index (χ4v) is 3.59. The SMILES string of the molecule is O=c1[nH]c(O)c([C@@H]2CCc3cc(Oc4ccc(C(F)F)cc4Cl)ccc32)o1. The highest BCUT2D eigenvalue weighted by Crippen LogP contribution is 2.42. The van der Waals surface area contributed by atoms with E-state index in [2.05, 4.69) is 4.98 Å². The number of aryl methyl sites for hydroxylation is 1. The second kappa shape index (κ2) is 6.74. The normalized spacial score (nSPS) is 15.9. The maximum absolute atomic E-state index is 12.7. The van der Waals surface area contributed by atoms with E-state index in [4.69, 9.17) is 20.8 Å². The van der Waals surface area contributed by atoms with Crippen LogP contribution in [-0.2, 0) is 6.42 Å². The van der Waals surface area contributed by atoms with Gasteiger partial charge in [0, 0.05) is 11.5 Å². The van der Waals surface area contributed by atoms with Crippen LogP contribution >= 0.6 is 11.6 Å². The molecule has 0 saturated carbocycles. The number of hydrogen-bond acceptors (Lipinski definition) is 4. The lowest BCUT2D eigenvalue weighted by atomic mass is 9.99. The predicted molar refractivity (Wildman–Crippen MR) is 94.1 cm³/mol. The van der Waals surface area contributed by atoms with Gasteiger partial charge in [0.05, 0.1) is 5.02 Å². The molecule has 2 aromatic carbocycles. The number of H-pyrrole nitrogens is 1. The molecule has 0 amide bonds. The summed E-state index contributed by atoms with van der Waals surface area (Å²) in [7, 11) is 0. The van der Waals surface area contributed by atoms with Crippen LogP contribution in [0.3, 0.4) is 0 Å². The fraction of sp³-hybridized carbons (Fsp3) is 0.211. The van der Waals surface area contributed by atoms with E-state index in [0.29, 0.717) is 18.6 Å². The van der Waals surface area contributed by atoms with Gasteiger partial charge < -0.3 is 14.3 Å². The van der Waals surface area contributed by atoms with E-state index < -0.39 is 12.2 Å². The molecule has 0 bridgehead atoms. The average Bonchev–Trinajstić information content (AvgIpc) is 3.18. The number of nitrogens with one attached hydrogen (secondary N) is 1. The third-order valence-corrected chi connectivity index (χ3v) is 4.90. The molecule has 1 aliphatic rings. The van der Waals surface area contributed by atoms with Gasteiger partial charge in [0.2, 0.25) is 5.88 Å². The average molecular weight is 394 g/mol. The molecule has 4 rings (SSSR count). The molecule has 0 radical (unpaired) electrons. The van der Waals surface area contributed by atoms with E-state index in [1.165, 1.54) is 18.2 Å². The number of hydrogen-bond donors (Lipinski definition) is 2. The monoisotopic (exact) mass is 393 g/mol. The summed E-state index contributed by atoms with van der Waals surface area (Å²) in [6.45, 7) is 0. The summed E-state index contributed by atoms with van der Waals surface area (Å²) in [4.78, 5) is 13.5. The third-order valence-electron chi connectivity index (χ3n) is 4.60. The largest absolute Gasteiger partial charge is 0.492 e. The fourth-order valence-electron chi connectivity index (χ4n) is 3.36. The molecule has 1 heterocycles. The minimum Gasteiger partial charge on any atom is -0.492 e. The van der Waals surface area contributed by atoms with Crippen molar-refractivity contribution in [3.63, 3.8) is 0 Å². The first kappa shape index (κ1) is 17.6. The van der Waals surface area contributed by atoms with Crippen LogP contribution in [0, 0.1) is 0 Å². The topological polar surface area (TPSA) is 75.5 Å². The maximum Gasteiger partial charge on any atom is 0.419 e. The summed E-state index contributed by atoms with van der Waals surface area (Å²) in [5.41, 5.74) is 1.75. The molecule has 5 nitrogen and oxygen atoms in total. The standard InChI is InChI=1S/C19H14ClF2NO4/c20-14-8-10(17(21)22)2-6-15(14)26-11-3-5-12-9(7-11)1-4-13(12)16-18(24)23-19(25)27-16/h2-3,5-8,13,17,24H,1,4H2,(H,23,25)/t13-/m1/s1. The van der Waals surface area contributed by atoms with Gasteiger partial charge in [-0.05, 0) is 54.3 Å². The minimum atomic E-state index is -2.60. The van der Waals surface area contributed by atoms with Crippen LogP contribution in [0.2, 0.25) is 5.02 Å². The summed E-state index contributed by atoms with van der Waals surface area (Å²) in [5.74, 6) is -0.160. The van der Waals surface area contributed by atoms with Crippen molar-refractivity contribution in [3.05, 3.63) is 74.4 Å². The zero-order chi connectivity index (χ0) is 19.1. The van der Waals surface area contributed by atoms with Crippen LogP contribution in [-0.4, -0.2) is 10.1 Å². The lowest BCUT2D eigenvalue weighted by Crippen LogP contribution is -1.97. The Morgan fingerprint density at radius 3 is 2.74 bits per heavy atom. The molecule has 1 aliphatic carbocycles. The van der Waals surface area contributed by atoms with Crippen molar-refractivity contribution in [2.24, 2.45) is 0 Å². The smallest absolute Gasteiger partial charge is 0.419 e. The highest BCUT2D eigenvalue weighted by atomic mass is 35.5. The number of rotatable bonds is 4. The maximum atomic E-state index is 12.7.